The van der Waals surface area contributed by atoms with E-state index in [9.17, 15) is 26.0 Å². The molecule has 102 valence electrons. The van der Waals surface area contributed by atoms with Crippen molar-refractivity contribution in [3.63, 3.8) is 0 Å². The highest BCUT2D eigenvalue weighted by Gasteiger charge is 2.31. The van der Waals surface area contributed by atoms with Crippen LogP contribution >= 0.6 is 0 Å². The topological polar surface area (TPSA) is 46.2 Å². The van der Waals surface area contributed by atoms with E-state index >= 15 is 0 Å². The monoisotopic (exact) mass is 285 g/mol. The summed E-state index contributed by atoms with van der Waals surface area (Å²) < 4.78 is 73.8. The van der Waals surface area contributed by atoms with E-state index in [0.717, 1.165) is 12.1 Å². The third-order valence-electron chi connectivity index (χ3n) is 2.16. The van der Waals surface area contributed by atoms with Gasteiger partial charge in [0.05, 0.1) is 4.90 Å². The molecule has 1 rings (SSSR count). The van der Waals surface area contributed by atoms with Crippen LogP contribution in [0.25, 0.3) is 0 Å². The molecular weight excluding hydrogens is 274 g/mol. The highest BCUT2D eigenvalue weighted by molar-refractivity contribution is 7.89. The van der Waals surface area contributed by atoms with Crippen molar-refractivity contribution in [3.8, 4) is 0 Å². The minimum Gasteiger partial charge on any atom is -0.207 e. The maximum atomic E-state index is 13.0. The molecule has 1 aromatic carbocycles. The van der Waals surface area contributed by atoms with Crippen LogP contribution in [0.2, 0.25) is 0 Å². The van der Waals surface area contributed by atoms with Crippen LogP contribution in [0.4, 0.5) is 17.6 Å². The Hall–Kier alpha value is -1.15. The van der Waals surface area contributed by atoms with Gasteiger partial charge in [-0.15, -0.1) is 0 Å². The van der Waals surface area contributed by atoms with Gasteiger partial charge in [-0.3, -0.25) is 0 Å². The number of rotatable bonds is 3. The van der Waals surface area contributed by atoms with E-state index in [1.807, 2.05) is 0 Å². The van der Waals surface area contributed by atoms with Gasteiger partial charge in [0.1, 0.15) is 12.4 Å². The number of aryl methyl sites for hydroxylation is 2. The van der Waals surface area contributed by atoms with Crippen LogP contribution < -0.4 is 4.72 Å². The summed E-state index contributed by atoms with van der Waals surface area (Å²) in [5.41, 5.74) is 0.115. The number of sulfonamides is 1. The third kappa shape index (κ3) is 3.67. The van der Waals surface area contributed by atoms with Crippen LogP contribution in [0.15, 0.2) is 17.0 Å². The zero-order valence-corrected chi connectivity index (χ0v) is 10.4. The molecule has 0 aliphatic carbocycles. The Bertz CT molecular complexity index is 528. The molecule has 0 saturated carbocycles. The number of alkyl halides is 3. The number of hydrogen-bond acceptors (Lipinski definition) is 2. The van der Waals surface area contributed by atoms with E-state index in [1.165, 1.54) is 18.6 Å². The Kier molecular flexibility index (Phi) is 4.02. The van der Waals surface area contributed by atoms with E-state index in [2.05, 4.69) is 0 Å². The fourth-order valence-electron chi connectivity index (χ4n) is 1.57. The highest BCUT2D eigenvalue weighted by atomic mass is 32.2. The number of hydrogen-bond donors (Lipinski definition) is 1. The predicted molar refractivity (Wildman–Crippen MR) is 57.1 cm³/mol. The first-order valence-electron chi connectivity index (χ1n) is 4.86. The van der Waals surface area contributed by atoms with Gasteiger partial charge in [-0.1, -0.05) is 0 Å². The maximum absolute atomic E-state index is 13.0. The van der Waals surface area contributed by atoms with Gasteiger partial charge in [-0.05, 0) is 37.1 Å². The molecule has 3 nitrogen and oxygen atoms in total. The predicted octanol–water partition coefficient (Wildman–Crippen LogP) is 2.28. The molecular formula is C10H11F4NO2S. The molecule has 0 amide bonds. The van der Waals surface area contributed by atoms with Crippen molar-refractivity contribution in [1.82, 2.24) is 4.72 Å². The fourth-order valence-corrected chi connectivity index (χ4v) is 3.03. The minimum atomic E-state index is -4.64. The third-order valence-corrected chi connectivity index (χ3v) is 3.86. The molecule has 18 heavy (non-hydrogen) atoms. The van der Waals surface area contributed by atoms with Gasteiger partial charge in [0.15, 0.2) is 0 Å². The molecule has 1 N–H and O–H groups in total. The normalized spacial score (nSPS) is 12.8. The zero-order valence-electron chi connectivity index (χ0n) is 9.60. The lowest BCUT2D eigenvalue weighted by molar-refractivity contribution is -0.121. The number of nitrogens with one attached hydrogen (secondary N) is 1. The van der Waals surface area contributed by atoms with Gasteiger partial charge in [-0.2, -0.15) is 13.2 Å². The average Bonchev–Trinajstić information content (AvgIpc) is 2.11. The largest absolute Gasteiger partial charge is 0.402 e. The van der Waals surface area contributed by atoms with Gasteiger partial charge < -0.3 is 0 Å². The second-order valence-electron chi connectivity index (χ2n) is 3.81. The Morgan fingerprint density at radius 3 is 2.00 bits per heavy atom. The van der Waals surface area contributed by atoms with Crippen LogP contribution in [-0.4, -0.2) is 21.1 Å². The van der Waals surface area contributed by atoms with Crippen molar-refractivity contribution in [2.75, 3.05) is 6.54 Å². The first-order chi connectivity index (χ1) is 8.03. The summed E-state index contributed by atoms with van der Waals surface area (Å²) >= 11 is 0. The molecule has 1 aromatic rings. The highest BCUT2D eigenvalue weighted by Crippen LogP contribution is 2.22. The Labute approximate surface area is 102 Å². The van der Waals surface area contributed by atoms with E-state index in [4.69, 9.17) is 0 Å². The van der Waals surface area contributed by atoms with Gasteiger partial charge in [-0.25, -0.2) is 17.5 Å². The number of benzene rings is 1. The van der Waals surface area contributed by atoms with Crippen LogP contribution in [0.5, 0.6) is 0 Å². The summed E-state index contributed by atoms with van der Waals surface area (Å²) in [6, 6.07) is 1.91. The Morgan fingerprint density at radius 2 is 1.61 bits per heavy atom. The summed E-state index contributed by atoms with van der Waals surface area (Å²) in [5.74, 6) is -0.639. The van der Waals surface area contributed by atoms with Crippen LogP contribution in [0, 0.1) is 19.7 Å². The molecule has 0 aromatic heterocycles. The molecule has 0 saturated heterocycles. The SMILES string of the molecule is Cc1cc(F)cc(C)c1S(=O)(=O)NCC(F)(F)F. The average molecular weight is 285 g/mol. The van der Waals surface area contributed by atoms with E-state index in [-0.39, 0.29) is 16.0 Å². The standard InChI is InChI=1S/C10H11F4NO2S/c1-6-3-8(11)4-7(2)9(6)18(16,17)15-5-10(12,13)14/h3-4,15H,5H2,1-2H3. The summed E-state index contributed by atoms with van der Waals surface area (Å²) in [6.07, 6.45) is -4.64. The lowest BCUT2D eigenvalue weighted by Crippen LogP contribution is -2.34. The van der Waals surface area contributed by atoms with Crippen molar-refractivity contribution in [1.29, 1.82) is 0 Å². The molecule has 0 spiro atoms. The molecule has 8 heteroatoms. The zero-order chi connectivity index (χ0) is 14.1. The van der Waals surface area contributed by atoms with Crippen molar-refractivity contribution in [2.24, 2.45) is 0 Å². The minimum absolute atomic E-state index is 0.0576. The lowest BCUT2D eigenvalue weighted by atomic mass is 10.1. The molecule has 0 radical (unpaired) electrons. The summed E-state index contributed by atoms with van der Waals surface area (Å²) in [5, 5.41) is 0. The molecule has 0 aliphatic heterocycles. The van der Waals surface area contributed by atoms with Crippen LogP contribution in [-0.2, 0) is 10.0 Å². The second-order valence-corrected chi connectivity index (χ2v) is 5.51. The smallest absolute Gasteiger partial charge is 0.207 e. The van der Waals surface area contributed by atoms with Crippen molar-refractivity contribution >= 4 is 10.0 Å². The number of halogens is 4. The van der Waals surface area contributed by atoms with Gasteiger partial charge in [0, 0.05) is 0 Å². The van der Waals surface area contributed by atoms with Crippen molar-refractivity contribution in [2.45, 2.75) is 24.9 Å². The van der Waals surface area contributed by atoms with Crippen LogP contribution in [0.3, 0.4) is 0 Å². The Morgan fingerprint density at radius 1 is 1.17 bits per heavy atom. The molecule has 0 bridgehead atoms. The molecule has 0 fully saturated rings. The molecule has 0 heterocycles. The van der Waals surface area contributed by atoms with Crippen molar-refractivity contribution < 1.29 is 26.0 Å². The van der Waals surface area contributed by atoms with Crippen molar-refractivity contribution in [3.05, 3.63) is 29.1 Å². The fraction of sp³-hybridized carbons (Fsp3) is 0.400. The Balaban J connectivity index is 3.14. The second kappa shape index (κ2) is 4.85. The first kappa shape index (κ1) is 14.9. The summed E-state index contributed by atoms with van der Waals surface area (Å²) in [6.45, 7) is 0.974. The quantitative estimate of drug-likeness (QED) is 0.866. The van der Waals surface area contributed by atoms with E-state index < -0.39 is 28.6 Å². The lowest BCUT2D eigenvalue weighted by Gasteiger charge is -2.13. The van der Waals surface area contributed by atoms with Gasteiger partial charge >= 0.3 is 6.18 Å². The first-order valence-corrected chi connectivity index (χ1v) is 6.34. The summed E-state index contributed by atoms with van der Waals surface area (Å²) in [4.78, 5) is -0.326. The maximum Gasteiger partial charge on any atom is 0.402 e. The molecule has 0 atom stereocenters. The van der Waals surface area contributed by atoms with E-state index in [0.29, 0.717) is 0 Å². The van der Waals surface area contributed by atoms with Gasteiger partial charge in [0.25, 0.3) is 0 Å². The molecule has 0 aliphatic rings. The molecule has 0 unspecified atom stereocenters. The summed E-state index contributed by atoms with van der Waals surface area (Å²) in [7, 11) is -4.31. The van der Waals surface area contributed by atoms with Gasteiger partial charge in [0.2, 0.25) is 10.0 Å². The van der Waals surface area contributed by atoms with E-state index in [1.54, 1.807) is 0 Å². The van der Waals surface area contributed by atoms with Crippen LogP contribution in [0.1, 0.15) is 11.1 Å².